The SMILES string of the molecule is CCN(c1cccc(F)c1C1CCCCC1)S(C)(=O)=O. The van der Waals surface area contributed by atoms with E-state index in [0.717, 1.165) is 25.7 Å². The van der Waals surface area contributed by atoms with Crippen LogP contribution in [0.4, 0.5) is 10.1 Å². The van der Waals surface area contributed by atoms with Crippen LogP contribution in [-0.4, -0.2) is 21.2 Å². The van der Waals surface area contributed by atoms with Gasteiger partial charge in [0.25, 0.3) is 0 Å². The number of rotatable bonds is 4. The second kappa shape index (κ2) is 6.12. The van der Waals surface area contributed by atoms with Gasteiger partial charge in [0.2, 0.25) is 10.0 Å². The molecule has 0 spiro atoms. The number of benzene rings is 1. The molecule has 0 amide bonds. The van der Waals surface area contributed by atoms with Crippen LogP contribution in [0, 0.1) is 5.82 Å². The first kappa shape index (κ1) is 15.3. The highest BCUT2D eigenvalue weighted by molar-refractivity contribution is 7.92. The maximum atomic E-state index is 14.3. The summed E-state index contributed by atoms with van der Waals surface area (Å²) in [6, 6.07) is 4.74. The number of anilines is 1. The van der Waals surface area contributed by atoms with Crippen molar-refractivity contribution in [3.63, 3.8) is 0 Å². The zero-order valence-electron chi connectivity index (χ0n) is 12.1. The third-order valence-electron chi connectivity index (χ3n) is 4.00. The van der Waals surface area contributed by atoms with Crippen LogP contribution < -0.4 is 4.31 Å². The lowest BCUT2D eigenvalue weighted by molar-refractivity contribution is 0.430. The van der Waals surface area contributed by atoms with E-state index in [9.17, 15) is 12.8 Å². The van der Waals surface area contributed by atoms with Crippen LogP contribution in [-0.2, 0) is 10.0 Å². The number of hydrogen-bond acceptors (Lipinski definition) is 2. The van der Waals surface area contributed by atoms with Gasteiger partial charge in [-0.3, -0.25) is 4.31 Å². The zero-order chi connectivity index (χ0) is 14.8. The lowest BCUT2D eigenvalue weighted by Crippen LogP contribution is -2.31. The average Bonchev–Trinajstić information content (AvgIpc) is 2.39. The van der Waals surface area contributed by atoms with Crippen LogP contribution in [0.2, 0.25) is 0 Å². The van der Waals surface area contributed by atoms with Gasteiger partial charge in [0, 0.05) is 12.1 Å². The van der Waals surface area contributed by atoms with Crippen LogP contribution >= 0.6 is 0 Å². The summed E-state index contributed by atoms with van der Waals surface area (Å²) in [5.41, 5.74) is 1.10. The Balaban J connectivity index is 2.50. The molecule has 0 bridgehead atoms. The van der Waals surface area contributed by atoms with Gasteiger partial charge in [-0.15, -0.1) is 0 Å². The van der Waals surface area contributed by atoms with Crippen LogP contribution in [0.25, 0.3) is 0 Å². The fourth-order valence-corrected chi connectivity index (χ4v) is 4.11. The van der Waals surface area contributed by atoms with Gasteiger partial charge in [0.1, 0.15) is 5.82 Å². The van der Waals surface area contributed by atoms with E-state index in [-0.39, 0.29) is 11.7 Å². The second-order valence-corrected chi connectivity index (χ2v) is 7.34. The van der Waals surface area contributed by atoms with Gasteiger partial charge >= 0.3 is 0 Å². The average molecular weight is 299 g/mol. The van der Waals surface area contributed by atoms with Crippen molar-refractivity contribution in [2.75, 3.05) is 17.1 Å². The Hall–Kier alpha value is -1.10. The molecule has 0 saturated heterocycles. The highest BCUT2D eigenvalue weighted by Crippen LogP contribution is 2.39. The van der Waals surface area contributed by atoms with Crippen molar-refractivity contribution in [3.8, 4) is 0 Å². The molecule has 3 nitrogen and oxygen atoms in total. The molecule has 0 aliphatic heterocycles. The van der Waals surface area contributed by atoms with E-state index >= 15 is 0 Å². The summed E-state index contributed by atoms with van der Waals surface area (Å²) in [7, 11) is -3.38. The van der Waals surface area contributed by atoms with Crippen molar-refractivity contribution in [3.05, 3.63) is 29.6 Å². The van der Waals surface area contributed by atoms with E-state index in [1.54, 1.807) is 19.1 Å². The lowest BCUT2D eigenvalue weighted by atomic mass is 9.83. The summed E-state index contributed by atoms with van der Waals surface area (Å²) in [6.07, 6.45) is 6.41. The second-order valence-electron chi connectivity index (χ2n) is 5.44. The van der Waals surface area contributed by atoms with E-state index in [2.05, 4.69) is 0 Å². The molecule has 1 aromatic carbocycles. The van der Waals surface area contributed by atoms with E-state index in [0.29, 0.717) is 17.8 Å². The maximum absolute atomic E-state index is 14.3. The van der Waals surface area contributed by atoms with Crippen molar-refractivity contribution in [2.45, 2.75) is 44.9 Å². The molecule has 0 atom stereocenters. The predicted molar refractivity (Wildman–Crippen MR) is 80.1 cm³/mol. The molecular weight excluding hydrogens is 277 g/mol. The molecule has 0 heterocycles. The van der Waals surface area contributed by atoms with Crippen molar-refractivity contribution < 1.29 is 12.8 Å². The zero-order valence-corrected chi connectivity index (χ0v) is 12.9. The molecule has 1 aliphatic rings. The predicted octanol–water partition coefficient (Wildman–Crippen LogP) is 3.66. The number of halogens is 1. The summed E-state index contributed by atoms with van der Waals surface area (Å²) >= 11 is 0. The van der Waals surface area contributed by atoms with Gasteiger partial charge < -0.3 is 0 Å². The smallest absolute Gasteiger partial charge is 0.232 e. The topological polar surface area (TPSA) is 37.4 Å². The lowest BCUT2D eigenvalue weighted by Gasteiger charge is -2.29. The minimum Gasteiger partial charge on any atom is -0.270 e. The number of hydrogen-bond donors (Lipinski definition) is 0. The molecule has 0 unspecified atom stereocenters. The van der Waals surface area contributed by atoms with E-state index < -0.39 is 10.0 Å². The van der Waals surface area contributed by atoms with Gasteiger partial charge in [-0.05, 0) is 37.8 Å². The molecule has 5 heteroatoms. The first-order valence-corrected chi connectivity index (χ1v) is 9.06. The first-order chi connectivity index (χ1) is 9.45. The molecule has 112 valence electrons. The Kier molecular flexibility index (Phi) is 4.68. The maximum Gasteiger partial charge on any atom is 0.232 e. The van der Waals surface area contributed by atoms with Gasteiger partial charge in [-0.2, -0.15) is 0 Å². The fraction of sp³-hybridized carbons (Fsp3) is 0.600. The standard InChI is InChI=1S/C15H22FNO2S/c1-3-17(20(2,18)19)14-11-7-10-13(16)15(14)12-8-5-4-6-9-12/h7,10-12H,3-6,8-9H2,1-2H3. The third-order valence-corrected chi connectivity index (χ3v) is 5.26. The van der Waals surface area contributed by atoms with Crippen LogP contribution in [0.3, 0.4) is 0 Å². The van der Waals surface area contributed by atoms with Crippen molar-refractivity contribution in [2.24, 2.45) is 0 Å². The Morgan fingerprint density at radius 2 is 1.90 bits per heavy atom. The molecule has 1 saturated carbocycles. The number of sulfonamides is 1. The van der Waals surface area contributed by atoms with E-state index in [1.165, 1.54) is 23.0 Å². The summed E-state index contributed by atoms with van der Waals surface area (Å²) in [6.45, 7) is 2.10. The Bertz CT molecular complexity index is 565. The molecule has 1 fully saturated rings. The molecule has 0 aromatic heterocycles. The Labute approximate surface area is 120 Å². The van der Waals surface area contributed by atoms with Gasteiger partial charge in [-0.25, -0.2) is 12.8 Å². The summed E-state index contributed by atoms with van der Waals surface area (Å²) in [5, 5.41) is 0. The van der Waals surface area contributed by atoms with E-state index in [4.69, 9.17) is 0 Å². The highest BCUT2D eigenvalue weighted by Gasteiger charge is 2.26. The fourth-order valence-electron chi connectivity index (χ4n) is 3.12. The monoisotopic (exact) mass is 299 g/mol. The molecule has 0 N–H and O–H groups in total. The minimum absolute atomic E-state index is 0.135. The normalized spacial score (nSPS) is 17.1. The van der Waals surface area contributed by atoms with Gasteiger partial charge in [0.15, 0.2) is 0 Å². The van der Waals surface area contributed by atoms with Crippen LogP contribution in [0.15, 0.2) is 18.2 Å². The summed E-state index contributed by atoms with van der Waals surface area (Å²) in [5.74, 6) is -0.146. The van der Waals surface area contributed by atoms with Crippen LogP contribution in [0.1, 0.15) is 50.5 Å². The van der Waals surface area contributed by atoms with Crippen molar-refractivity contribution >= 4 is 15.7 Å². The summed E-state index contributed by atoms with van der Waals surface area (Å²) < 4.78 is 39.4. The number of nitrogens with zero attached hydrogens (tertiary/aromatic N) is 1. The Morgan fingerprint density at radius 1 is 1.25 bits per heavy atom. The Morgan fingerprint density at radius 3 is 2.45 bits per heavy atom. The molecule has 1 aromatic rings. The van der Waals surface area contributed by atoms with E-state index in [1.807, 2.05) is 0 Å². The van der Waals surface area contributed by atoms with Crippen molar-refractivity contribution in [1.29, 1.82) is 0 Å². The van der Waals surface area contributed by atoms with Crippen LogP contribution in [0.5, 0.6) is 0 Å². The molecule has 2 rings (SSSR count). The van der Waals surface area contributed by atoms with Crippen molar-refractivity contribution in [1.82, 2.24) is 0 Å². The minimum atomic E-state index is -3.38. The summed E-state index contributed by atoms with van der Waals surface area (Å²) in [4.78, 5) is 0. The quantitative estimate of drug-likeness (QED) is 0.851. The molecule has 1 aliphatic carbocycles. The van der Waals surface area contributed by atoms with Gasteiger partial charge in [-0.1, -0.05) is 25.3 Å². The molecular formula is C15H22FNO2S. The molecule has 20 heavy (non-hydrogen) atoms. The highest BCUT2D eigenvalue weighted by atomic mass is 32.2. The molecule has 0 radical (unpaired) electrons. The first-order valence-electron chi connectivity index (χ1n) is 7.21. The third kappa shape index (κ3) is 3.14. The van der Waals surface area contributed by atoms with Gasteiger partial charge in [0.05, 0.1) is 11.9 Å². The largest absolute Gasteiger partial charge is 0.270 e.